The second-order valence-electron chi connectivity index (χ2n) is 6.69. The first-order valence-corrected chi connectivity index (χ1v) is 8.16. The molecule has 0 heterocycles. The van der Waals surface area contributed by atoms with Crippen LogP contribution in [-0.4, -0.2) is 37.0 Å². The van der Waals surface area contributed by atoms with Gasteiger partial charge in [-0.05, 0) is 50.2 Å². The van der Waals surface area contributed by atoms with Crippen molar-refractivity contribution < 1.29 is 8.78 Å². The van der Waals surface area contributed by atoms with Gasteiger partial charge in [-0.3, -0.25) is 4.99 Å². The predicted molar refractivity (Wildman–Crippen MR) is 96.7 cm³/mol. The van der Waals surface area contributed by atoms with E-state index in [-0.39, 0.29) is 17.2 Å². The zero-order chi connectivity index (χ0) is 18.0. The van der Waals surface area contributed by atoms with Gasteiger partial charge in [0.2, 0.25) is 0 Å². The number of aliphatic imine (C=N–C) groups is 1. The molecular weight excluding hydrogens is 322 g/mol. The Bertz CT molecular complexity index is 777. The fourth-order valence-electron chi connectivity index (χ4n) is 3.25. The number of hydrogen-bond donors (Lipinski definition) is 2. The maximum absolute atomic E-state index is 13.7. The number of halogens is 2. The number of likely N-dealkylation sites (N-methyl/N-ethyl adjacent to an activating group) is 1. The molecule has 0 aliphatic heterocycles. The Labute approximate surface area is 146 Å². The molecule has 0 radical (unpaired) electrons. The van der Waals surface area contributed by atoms with Crippen LogP contribution in [0.5, 0.6) is 0 Å². The van der Waals surface area contributed by atoms with Gasteiger partial charge in [0.05, 0.1) is 12.2 Å². The van der Waals surface area contributed by atoms with Gasteiger partial charge in [0, 0.05) is 11.6 Å². The van der Waals surface area contributed by atoms with E-state index >= 15 is 0 Å². The molecule has 0 amide bonds. The zero-order valence-corrected chi connectivity index (χ0v) is 14.4. The lowest BCUT2D eigenvalue weighted by molar-refractivity contribution is 0.172. The van der Waals surface area contributed by atoms with Gasteiger partial charge in [0.1, 0.15) is 11.6 Å². The van der Waals surface area contributed by atoms with Crippen LogP contribution in [-0.2, 0) is 12.8 Å². The number of anilines is 1. The molecule has 1 aliphatic carbocycles. The predicted octanol–water partition coefficient (Wildman–Crippen LogP) is 2.79. The van der Waals surface area contributed by atoms with E-state index in [1.54, 1.807) is 0 Å². The normalized spacial score (nSPS) is 16.1. The molecule has 3 rings (SSSR count). The molecule has 4 nitrogen and oxygen atoms in total. The highest BCUT2D eigenvalue weighted by atomic mass is 19.1. The van der Waals surface area contributed by atoms with Gasteiger partial charge in [-0.15, -0.1) is 0 Å². The number of rotatable bonds is 4. The van der Waals surface area contributed by atoms with Crippen molar-refractivity contribution in [2.45, 2.75) is 18.4 Å². The SMILES string of the molecule is CN(C)C1(CN=C(N)Nc2cc(F)ccc2F)Cc2ccccc2C1. The molecule has 0 saturated heterocycles. The van der Waals surface area contributed by atoms with Crippen molar-refractivity contribution in [1.29, 1.82) is 0 Å². The van der Waals surface area contributed by atoms with Crippen molar-refractivity contribution in [2.24, 2.45) is 10.7 Å². The van der Waals surface area contributed by atoms with E-state index in [0.717, 1.165) is 31.0 Å². The summed E-state index contributed by atoms with van der Waals surface area (Å²) < 4.78 is 27.0. The molecule has 0 unspecified atom stereocenters. The van der Waals surface area contributed by atoms with Crippen LogP contribution in [0, 0.1) is 11.6 Å². The van der Waals surface area contributed by atoms with E-state index in [0.29, 0.717) is 6.54 Å². The molecule has 6 heteroatoms. The number of hydrogen-bond acceptors (Lipinski definition) is 2. The quantitative estimate of drug-likeness (QED) is 0.662. The topological polar surface area (TPSA) is 53.6 Å². The Morgan fingerprint density at radius 3 is 2.40 bits per heavy atom. The second kappa shape index (κ2) is 6.80. The maximum atomic E-state index is 13.7. The minimum absolute atomic E-state index is 0.0186. The molecule has 132 valence electrons. The van der Waals surface area contributed by atoms with Crippen LogP contribution in [0.1, 0.15) is 11.1 Å². The lowest BCUT2D eigenvalue weighted by atomic mass is 9.94. The van der Waals surface area contributed by atoms with Crippen LogP contribution in [0.2, 0.25) is 0 Å². The summed E-state index contributed by atoms with van der Waals surface area (Å²) in [6, 6.07) is 11.5. The summed E-state index contributed by atoms with van der Waals surface area (Å²) >= 11 is 0. The first-order valence-electron chi connectivity index (χ1n) is 8.16. The summed E-state index contributed by atoms with van der Waals surface area (Å²) in [4.78, 5) is 6.56. The molecule has 1 aliphatic rings. The first kappa shape index (κ1) is 17.4. The zero-order valence-electron chi connectivity index (χ0n) is 14.4. The summed E-state index contributed by atoms with van der Waals surface area (Å²) in [5.41, 5.74) is 8.34. The van der Waals surface area contributed by atoms with Gasteiger partial charge >= 0.3 is 0 Å². The van der Waals surface area contributed by atoms with Crippen LogP contribution >= 0.6 is 0 Å². The van der Waals surface area contributed by atoms with Crippen molar-refractivity contribution in [2.75, 3.05) is 26.0 Å². The van der Waals surface area contributed by atoms with E-state index in [4.69, 9.17) is 5.73 Å². The lowest BCUT2D eigenvalue weighted by Crippen LogP contribution is -2.48. The van der Waals surface area contributed by atoms with Crippen molar-refractivity contribution in [3.63, 3.8) is 0 Å². The third-order valence-corrected chi connectivity index (χ3v) is 4.84. The maximum Gasteiger partial charge on any atom is 0.193 e. The molecule has 0 bridgehead atoms. The molecule has 0 atom stereocenters. The van der Waals surface area contributed by atoms with Gasteiger partial charge in [-0.25, -0.2) is 8.78 Å². The Kier molecular flexibility index (Phi) is 4.72. The van der Waals surface area contributed by atoms with Crippen LogP contribution in [0.15, 0.2) is 47.5 Å². The highest BCUT2D eigenvalue weighted by Crippen LogP contribution is 2.33. The largest absolute Gasteiger partial charge is 0.370 e. The first-order chi connectivity index (χ1) is 11.9. The summed E-state index contributed by atoms with van der Waals surface area (Å²) in [5.74, 6) is -1.04. The average Bonchev–Trinajstić information content (AvgIpc) is 2.96. The monoisotopic (exact) mass is 344 g/mol. The summed E-state index contributed by atoms with van der Waals surface area (Å²) in [7, 11) is 4.05. The number of benzene rings is 2. The molecule has 25 heavy (non-hydrogen) atoms. The lowest BCUT2D eigenvalue weighted by Gasteiger charge is -2.35. The van der Waals surface area contributed by atoms with Gasteiger partial charge in [0.25, 0.3) is 0 Å². The summed E-state index contributed by atoms with van der Waals surface area (Å²) in [6.07, 6.45) is 1.75. The Morgan fingerprint density at radius 2 is 1.80 bits per heavy atom. The van der Waals surface area contributed by atoms with Gasteiger partial charge in [0.15, 0.2) is 5.96 Å². The number of guanidine groups is 1. The highest BCUT2D eigenvalue weighted by molar-refractivity contribution is 5.92. The Morgan fingerprint density at radius 1 is 1.16 bits per heavy atom. The van der Waals surface area contributed by atoms with Crippen molar-refractivity contribution in [1.82, 2.24) is 4.90 Å². The minimum atomic E-state index is -0.574. The second-order valence-corrected chi connectivity index (χ2v) is 6.69. The third-order valence-electron chi connectivity index (χ3n) is 4.84. The third kappa shape index (κ3) is 3.64. The van der Waals surface area contributed by atoms with Crippen LogP contribution in [0.25, 0.3) is 0 Å². The molecule has 0 spiro atoms. The van der Waals surface area contributed by atoms with E-state index in [9.17, 15) is 8.78 Å². The summed E-state index contributed by atoms with van der Waals surface area (Å²) in [6.45, 7) is 0.463. The van der Waals surface area contributed by atoms with E-state index < -0.39 is 11.6 Å². The minimum Gasteiger partial charge on any atom is -0.370 e. The Balaban J connectivity index is 1.76. The number of nitrogens with two attached hydrogens (primary N) is 1. The number of nitrogens with one attached hydrogen (secondary N) is 1. The van der Waals surface area contributed by atoms with E-state index in [2.05, 4.69) is 27.3 Å². The molecule has 0 aromatic heterocycles. The molecular formula is C19H22F2N4. The van der Waals surface area contributed by atoms with Gasteiger partial charge < -0.3 is 16.0 Å². The van der Waals surface area contributed by atoms with E-state index in [1.165, 1.54) is 11.1 Å². The van der Waals surface area contributed by atoms with Crippen molar-refractivity contribution in [3.05, 3.63) is 65.2 Å². The van der Waals surface area contributed by atoms with Gasteiger partial charge in [-0.1, -0.05) is 24.3 Å². The fourth-order valence-corrected chi connectivity index (χ4v) is 3.25. The molecule has 2 aromatic carbocycles. The number of fused-ring (bicyclic) bond motifs is 1. The molecule has 0 fully saturated rings. The molecule has 3 N–H and O–H groups in total. The van der Waals surface area contributed by atoms with Crippen LogP contribution in [0.4, 0.5) is 14.5 Å². The highest BCUT2D eigenvalue weighted by Gasteiger charge is 2.38. The molecule has 0 saturated carbocycles. The molecule has 2 aromatic rings. The Hall–Kier alpha value is -2.47. The van der Waals surface area contributed by atoms with Crippen LogP contribution < -0.4 is 11.1 Å². The van der Waals surface area contributed by atoms with Crippen LogP contribution in [0.3, 0.4) is 0 Å². The smallest absolute Gasteiger partial charge is 0.193 e. The van der Waals surface area contributed by atoms with Gasteiger partial charge in [-0.2, -0.15) is 0 Å². The fraction of sp³-hybridized carbons (Fsp3) is 0.316. The summed E-state index contributed by atoms with van der Waals surface area (Å²) in [5, 5.41) is 2.65. The van der Waals surface area contributed by atoms with E-state index in [1.807, 2.05) is 26.2 Å². The van der Waals surface area contributed by atoms with Crippen molar-refractivity contribution in [3.8, 4) is 0 Å². The standard InChI is InChI=1S/C19H22F2N4/c1-25(2)19(10-13-5-3-4-6-14(13)11-19)12-23-18(22)24-17-9-15(20)7-8-16(17)21/h3-9H,10-12H2,1-2H3,(H3,22,23,24). The average molecular weight is 344 g/mol. The van der Waals surface area contributed by atoms with Crippen molar-refractivity contribution >= 4 is 11.6 Å². The number of nitrogens with zero attached hydrogens (tertiary/aromatic N) is 2.